The lowest BCUT2D eigenvalue weighted by atomic mass is 9.95. The number of nitrogens with one attached hydrogen (secondary N) is 1. The third-order valence-corrected chi connectivity index (χ3v) is 4.42. The molecular weight excluding hydrogens is 438 g/mol. The van der Waals surface area contributed by atoms with Crippen molar-refractivity contribution in [1.82, 2.24) is 10.3 Å². The van der Waals surface area contributed by atoms with Gasteiger partial charge in [-0.1, -0.05) is 24.3 Å². The van der Waals surface area contributed by atoms with Crippen LogP contribution in [0.1, 0.15) is 43.1 Å². The molecule has 0 fully saturated rings. The molecule has 0 aliphatic heterocycles. The quantitative estimate of drug-likeness (QED) is 0.423. The van der Waals surface area contributed by atoms with Gasteiger partial charge in [0.1, 0.15) is 0 Å². The first-order chi connectivity index (χ1) is 15.0. The summed E-state index contributed by atoms with van der Waals surface area (Å²) in [5, 5.41) is 2.52. The van der Waals surface area contributed by atoms with Crippen molar-refractivity contribution >= 4 is 11.7 Å². The summed E-state index contributed by atoms with van der Waals surface area (Å²) >= 11 is 0. The number of ketones is 1. The Morgan fingerprint density at radius 2 is 1.34 bits per heavy atom. The molecule has 166 valence electrons. The molecular formula is C22H14F6N2O2. The molecule has 0 bridgehead atoms. The second-order valence-electron chi connectivity index (χ2n) is 6.67. The van der Waals surface area contributed by atoms with Gasteiger partial charge in [0.2, 0.25) is 0 Å². The molecule has 0 unspecified atom stereocenters. The Morgan fingerprint density at radius 1 is 0.781 bits per heavy atom. The minimum absolute atomic E-state index is 0.00395. The summed E-state index contributed by atoms with van der Waals surface area (Å²) in [4.78, 5) is 29.5. The van der Waals surface area contributed by atoms with Gasteiger partial charge in [-0.3, -0.25) is 14.6 Å². The third-order valence-electron chi connectivity index (χ3n) is 4.42. The van der Waals surface area contributed by atoms with E-state index in [1.807, 2.05) is 0 Å². The summed E-state index contributed by atoms with van der Waals surface area (Å²) in [5.74, 6) is -1.88. The molecule has 1 N–H and O–H groups in total. The summed E-state index contributed by atoms with van der Waals surface area (Å²) in [5.41, 5.74) is -4.09. The Kier molecular flexibility index (Phi) is 6.33. The average Bonchev–Trinajstić information content (AvgIpc) is 2.76. The molecule has 3 aromatic rings. The van der Waals surface area contributed by atoms with Crippen LogP contribution in [0.5, 0.6) is 0 Å². The van der Waals surface area contributed by atoms with Crippen LogP contribution < -0.4 is 5.32 Å². The summed E-state index contributed by atoms with van der Waals surface area (Å²) in [6.07, 6.45) is -8.70. The Balaban J connectivity index is 1.97. The first kappa shape index (κ1) is 23.0. The normalized spacial score (nSPS) is 11.8. The fourth-order valence-electron chi connectivity index (χ4n) is 2.89. The summed E-state index contributed by atoms with van der Waals surface area (Å²) in [6, 6.07) is 10.8. The second kappa shape index (κ2) is 8.81. The van der Waals surface area contributed by atoms with E-state index in [2.05, 4.69) is 10.3 Å². The lowest BCUT2D eigenvalue weighted by Crippen LogP contribution is -2.25. The Bertz CT molecular complexity index is 1110. The summed E-state index contributed by atoms with van der Waals surface area (Å²) < 4.78 is 78.7. The maximum atomic E-state index is 13.1. The molecule has 32 heavy (non-hydrogen) atoms. The molecule has 0 radical (unpaired) electrons. The molecule has 1 amide bonds. The first-order valence-corrected chi connectivity index (χ1v) is 9.08. The molecule has 0 saturated heterocycles. The maximum Gasteiger partial charge on any atom is 0.416 e. The molecule has 0 saturated carbocycles. The fraction of sp³-hybridized carbons (Fsp3) is 0.136. The zero-order valence-electron chi connectivity index (χ0n) is 16.1. The van der Waals surface area contributed by atoms with Crippen LogP contribution in [0, 0.1) is 0 Å². The number of amides is 1. The van der Waals surface area contributed by atoms with Gasteiger partial charge in [0.25, 0.3) is 5.91 Å². The van der Waals surface area contributed by atoms with E-state index in [1.165, 1.54) is 24.4 Å². The number of rotatable bonds is 5. The van der Waals surface area contributed by atoms with E-state index in [0.29, 0.717) is 17.8 Å². The molecule has 1 aromatic heterocycles. The Morgan fingerprint density at radius 3 is 1.88 bits per heavy atom. The van der Waals surface area contributed by atoms with Gasteiger partial charge in [0, 0.05) is 17.3 Å². The zero-order chi connectivity index (χ0) is 23.5. The maximum absolute atomic E-state index is 13.1. The van der Waals surface area contributed by atoms with Crippen molar-refractivity contribution in [3.05, 3.63) is 100 Å². The van der Waals surface area contributed by atoms with Crippen molar-refractivity contribution < 1.29 is 35.9 Å². The van der Waals surface area contributed by atoms with Gasteiger partial charge in [0.15, 0.2) is 5.78 Å². The minimum atomic E-state index is -5.10. The number of benzene rings is 2. The molecule has 2 aromatic carbocycles. The molecule has 0 spiro atoms. The van der Waals surface area contributed by atoms with Gasteiger partial charge in [-0.05, 0) is 36.4 Å². The van der Waals surface area contributed by atoms with Crippen molar-refractivity contribution in [3.8, 4) is 0 Å². The summed E-state index contributed by atoms with van der Waals surface area (Å²) in [7, 11) is 0. The van der Waals surface area contributed by atoms with E-state index >= 15 is 0 Å². The van der Waals surface area contributed by atoms with Crippen LogP contribution in [0.15, 0.2) is 66.9 Å². The number of hydrogen-bond donors (Lipinski definition) is 1. The van der Waals surface area contributed by atoms with Crippen LogP contribution in [0.3, 0.4) is 0 Å². The van der Waals surface area contributed by atoms with Crippen LogP contribution in [0.25, 0.3) is 0 Å². The van der Waals surface area contributed by atoms with Gasteiger partial charge in [-0.25, -0.2) is 0 Å². The van der Waals surface area contributed by atoms with Gasteiger partial charge in [0.05, 0.1) is 28.9 Å². The molecule has 3 rings (SSSR count). The number of alkyl halides is 6. The molecule has 10 heteroatoms. The van der Waals surface area contributed by atoms with E-state index in [0.717, 1.165) is 6.07 Å². The number of aromatic nitrogens is 1. The highest BCUT2D eigenvalue weighted by Gasteiger charge is 2.37. The van der Waals surface area contributed by atoms with Crippen molar-refractivity contribution in [1.29, 1.82) is 0 Å². The monoisotopic (exact) mass is 452 g/mol. The molecule has 0 aliphatic carbocycles. The van der Waals surface area contributed by atoms with Crippen molar-refractivity contribution in [3.63, 3.8) is 0 Å². The van der Waals surface area contributed by atoms with Crippen LogP contribution in [0.4, 0.5) is 26.3 Å². The van der Waals surface area contributed by atoms with Crippen LogP contribution in [0.2, 0.25) is 0 Å². The largest absolute Gasteiger partial charge is 0.416 e. The SMILES string of the molecule is O=C(NCc1ccccn1)c1ccccc1C(=O)c1cc(C(F)(F)F)cc(C(F)(F)F)c1. The van der Waals surface area contributed by atoms with Crippen LogP contribution >= 0.6 is 0 Å². The lowest BCUT2D eigenvalue weighted by Gasteiger charge is -2.15. The van der Waals surface area contributed by atoms with E-state index in [4.69, 9.17) is 0 Å². The Hall–Kier alpha value is -3.69. The Labute approximate surface area is 177 Å². The number of carbonyl (C=O) groups excluding carboxylic acids is 2. The number of hydrogen-bond acceptors (Lipinski definition) is 3. The van der Waals surface area contributed by atoms with Crippen molar-refractivity contribution in [2.45, 2.75) is 18.9 Å². The molecule has 1 heterocycles. The number of carbonyl (C=O) groups is 2. The molecule has 4 nitrogen and oxygen atoms in total. The first-order valence-electron chi connectivity index (χ1n) is 9.08. The predicted molar refractivity (Wildman–Crippen MR) is 102 cm³/mol. The van der Waals surface area contributed by atoms with E-state index in [-0.39, 0.29) is 23.7 Å². The van der Waals surface area contributed by atoms with E-state index in [1.54, 1.807) is 18.2 Å². The highest BCUT2D eigenvalue weighted by atomic mass is 19.4. The second-order valence-corrected chi connectivity index (χ2v) is 6.67. The lowest BCUT2D eigenvalue weighted by molar-refractivity contribution is -0.143. The standard InChI is InChI=1S/C22H14F6N2O2/c23-21(24,25)14-9-13(10-15(11-14)22(26,27)28)19(31)17-6-1-2-7-18(17)20(32)30-12-16-5-3-4-8-29-16/h1-11H,12H2,(H,30,32). The smallest absolute Gasteiger partial charge is 0.346 e. The van der Waals surface area contributed by atoms with Gasteiger partial charge < -0.3 is 5.32 Å². The molecule has 0 aliphatic rings. The highest BCUT2D eigenvalue weighted by Crippen LogP contribution is 2.36. The van der Waals surface area contributed by atoms with Gasteiger partial charge in [-0.2, -0.15) is 26.3 Å². The van der Waals surface area contributed by atoms with Crippen molar-refractivity contribution in [2.24, 2.45) is 0 Å². The molecule has 0 atom stereocenters. The number of pyridine rings is 1. The third kappa shape index (κ3) is 5.32. The van der Waals surface area contributed by atoms with Gasteiger partial charge in [-0.15, -0.1) is 0 Å². The van der Waals surface area contributed by atoms with E-state index < -0.39 is 40.7 Å². The fourth-order valence-corrected chi connectivity index (χ4v) is 2.89. The number of halogens is 6. The predicted octanol–water partition coefficient (Wildman–Crippen LogP) is 5.28. The van der Waals surface area contributed by atoms with E-state index in [9.17, 15) is 35.9 Å². The average molecular weight is 452 g/mol. The number of nitrogens with zero attached hydrogens (tertiary/aromatic N) is 1. The van der Waals surface area contributed by atoms with Crippen LogP contribution in [-0.4, -0.2) is 16.7 Å². The van der Waals surface area contributed by atoms with Gasteiger partial charge >= 0.3 is 12.4 Å². The topological polar surface area (TPSA) is 59.1 Å². The minimum Gasteiger partial charge on any atom is -0.346 e. The van der Waals surface area contributed by atoms with Crippen LogP contribution in [-0.2, 0) is 18.9 Å². The zero-order valence-corrected chi connectivity index (χ0v) is 16.1. The highest BCUT2D eigenvalue weighted by molar-refractivity contribution is 6.15. The van der Waals surface area contributed by atoms with Crippen molar-refractivity contribution in [2.75, 3.05) is 0 Å². The summed E-state index contributed by atoms with van der Waals surface area (Å²) in [6.45, 7) is 0.00395.